The molecule has 0 atom stereocenters. The molecule has 2 aromatic heterocycles. The van der Waals surface area contributed by atoms with Crippen molar-refractivity contribution in [2.24, 2.45) is 0 Å². The number of benzene rings is 1. The van der Waals surface area contributed by atoms with Crippen LogP contribution in [0, 0.1) is 9.41 Å². The Balaban J connectivity index is 2.70. The third-order valence-electron chi connectivity index (χ3n) is 2.35. The molecule has 0 fully saturated rings. The van der Waals surface area contributed by atoms with Gasteiger partial charge in [-0.05, 0) is 18.3 Å². The molecule has 0 spiro atoms. The first-order chi connectivity index (χ1) is 7.75. The summed E-state index contributed by atoms with van der Waals surface area (Å²) in [7, 11) is 0. The minimum Gasteiger partial charge on any atom is -0.330 e. The van der Waals surface area contributed by atoms with Gasteiger partial charge in [-0.15, -0.1) is 10.2 Å². The molecule has 1 aromatic carbocycles. The van der Waals surface area contributed by atoms with Gasteiger partial charge in [0, 0.05) is 5.39 Å². The van der Waals surface area contributed by atoms with Crippen LogP contribution in [0.4, 0.5) is 0 Å². The van der Waals surface area contributed by atoms with E-state index in [-0.39, 0.29) is 0 Å². The number of H-pyrrole nitrogens is 2. The lowest BCUT2D eigenvalue weighted by Gasteiger charge is -2.01. The van der Waals surface area contributed by atoms with Crippen LogP contribution in [0.2, 0.25) is 0 Å². The SMILES string of the molecule is S=c1[nH]c(=S)c2nnc3ccccc3c2[nH]1. The van der Waals surface area contributed by atoms with E-state index in [1.807, 2.05) is 24.3 Å². The highest BCUT2D eigenvalue weighted by atomic mass is 32.1. The van der Waals surface area contributed by atoms with Crippen molar-refractivity contribution in [1.82, 2.24) is 20.2 Å². The molecule has 0 aliphatic heterocycles. The number of hydrogen-bond acceptors (Lipinski definition) is 4. The molecule has 3 rings (SSSR count). The lowest BCUT2D eigenvalue weighted by molar-refractivity contribution is 1.08. The number of nitrogens with one attached hydrogen (secondary N) is 2. The minimum absolute atomic E-state index is 0.496. The van der Waals surface area contributed by atoms with E-state index >= 15 is 0 Å². The highest BCUT2D eigenvalue weighted by molar-refractivity contribution is 7.72. The molecule has 0 saturated heterocycles. The third kappa shape index (κ3) is 1.35. The zero-order valence-corrected chi connectivity index (χ0v) is 9.65. The van der Waals surface area contributed by atoms with Crippen LogP contribution in [0.1, 0.15) is 0 Å². The van der Waals surface area contributed by atoms with Gasteiger partial charge in [-0.3, -0.25) is 0 Å². The number of rotatable bonds is 0. The van der Waals surface area contributed by atoms with E-state index in [4.69, 9.17) is 24.4 Å². The Morgan fingerprint density at radius 2 is 1.81 bits per heavy atom. The maximum absolute atomic E-state index is 5.16. The van der Waals surface area contributed by atoms with Crippen molar-refractivity contribution in [2.45, 2.75) is 0 Å². The van der Waals surface area contributed by atoms with Gasteiger partial charge in [-0.25, -0.2) is 0 Å². The Hall–Kier alpha value is -1.66. The molecule has 0 unspecified atom stereocenters. The number of nitrogens with zero attached hydrogens (tertiary/aromatic N) is 2. The van der Waals surface area contributed by atoms with E-state index in [1.165, 1.54) is 0 Å². The molecular formula is C10H6N4S2. The quantitative estimate of drug-likeness (QED) is 0.473. The molecule has 78 valence electrons. The van der Waals surface area contributed by atoms with Crippen molar-refractivity contribution in [2.75, 3.05) is 0 Å². The number of aromatic nitrogens is 4. The first-order valence-corrected chi connectivity index (χ1v) is 5.45. The van der Waals surface area contributed by atoms with Crippen molar-refractivity contribution in [3.8, 4) is 0 Å². The Labute approximate surface area is 100 Å². The predicted octanol–water partition coefficient (Wildman–Crippen LogP) is 2.90. The van der Waals surface area contributed by atoms with Crippen LogP contribution < -0.4 is 0 Å². The average Bonchev–Trinajstić information content (AvgIpc) is 2.28. The molecule has 3 aromatic rings. The van der Waals surface area contributed by atoms with Gasteiger partial charge in [-0.1, -0.05) is 30.4 Å². The maximum Gasteiger partial charge on any atom is 0.176 e. The van der Waals surface area contributed by atoms with Gasteiger partial charge in [0.25, 0.3) is 0 Å². The summed E-state index contributed by atoms with van der Waals surface area (Å²) in [5, 5.41) is 9.17. The van der Waals surface area contributed by atoms with Gasteiger partial charge in [-0.2, -0.15) is 0 Å². The Morgan fingerprint density at radius 3 is 2.69 bits per heavy atom. The summed E-state index contributed by atoms with van der Waals surface area (Å²) in [6.07, 6.45) is 0. The second-order valence-electron chi connectivity index (χ2n) is 3.35. The van der Waals surface area contributed by atoms with Crippen molar-refractivity contribution in [3.05, 3.63) is 33.7 Å². The van der Waals surface area contributed by atoms with Crippen molar-refractivity contribution in [1.29, 1.82) is 0 Å². The van der Waals surface area contributed by atoms with E-state index in [0.29, 0.717) is 14.9 Å². The molecule has 6 heteroatoms. The van der Waals surface area contributed by atoms with Crippen LogP contribution >= 0.6 is 24.4 Å². The topological polar surface area (TPSA) is 57.4 Å². The van der Waals surface area contributed by atoms with E-state index < -0.39 is 0 Å². The lowest BCUT2D eigenvalue weighted by atomic mass is 10.2. The molecule has 0 aliphatic rings. The van der Waals surface area contributed by atoms with Crippen LogP contribution in [0.15, 0.2) is 24.3 Å². The summed E-state index contributed by atoms with van der Waals surface area (Å²) in [5.41, 5.74) is 2.29. The zero-order chi connectivity index (χ0) is 11.1. The molecule has 4 nitrogen and oxygen atoms in total. The van der Waals surface area contributed by atoms with Gasteiger partial charge in [0.1, 0.15) is 10.2 Å². The molecule has 0 saturated carbocycles. The summed E-state index contributed by atoms with van der Waals surface area (Å²) in [4.78, 5) is 5.91. The van der Waals surface area contributed by atoms with Gasteiger partial charge < -0.3 is 9.97 Å². The fourth-order valence-electron chi connectivity index (χ4n) is 1.65. The Morgan fingerprint density at radius 1 is 1.00 bits per heavy atom. The summed E-state index contributed by atoms with van der Waals surface area (Å²) < 4.78 is 1.01. The van der Waals surface area contributed by atoms with Gasteiger partial charge in [0.05, 0.1) is 11.0 Å². The third-order valence-corrected chi connectivity index (χ3v) is 2.85. The number of hydrogen-bond donors (Lipinski definition) is 2. The first-order valence-electron chi connectivity index (χ1n) is 4.63. The number of aromatic amines is 2. The maximum atomic E-state index is 5.16. The summed E-state index contributed by atoms with van der Waals surface area (Å²) in [5.74, 6) is 0. The molecule has 16 heavy (non-hydrogen) atoms. The fraction of sp³-hybridized carbons (Fsp3) is 0. The monoisotopic (exact) mass is 246 g/mol. The van der Waals surface area contributed by atoms with Gasteiger partial charge in [0.15, 0.2) is 4.77 Å². The average molecular weight is 246 g/mol. The Kier molecular flexibility index (Phi) is 2.05. The van der Waals surface area contributed by atoms with E-state index in [2.05, 4.69) is 20.2 Å². The molecule has 0 aliphatic carbocycles. The highest BCUT2D eigenvalue weighted by Gasteiger charge is 2.04. The van der Waals surface area contributed by atoms with Crippen LogP contribution in [0.5, 0.6) is 0 Å². The molecule has 2 N–H and O–H groups in total. The van der Waals surface area contributed by atoms with Crippen molar-refractivity contribution >= 4 is 46.4 Å². The van der Waals surface area contributed by atoms with Crippen LogP contribution in [0.25, 0.3) is 21.9 Å². The second kappa shape index (κ2) is 3.43. The van der Waals surface area contributed by atoms with Crippen molar-refractivity contribution in [3.63, 3.8) is 0 Å². The predicted molar refractivity (Wildman–Crippen MR) is 67.4 cm³/mol. The molecule has 0 bridgehead atoms. The van der Waals surface area contributed by atoms with Crippen LogP contribution in [-0.2, 0) is 0 Å². The summed E-state index contributed by atoms with van der Waals surface area (Å²) in [6.45, 7) is 0. The van der Waals surface area contributed by atoms with Crippen LogP contribution in [-0.4, -0.2) is 20.2 Å². The molecule has 0 radical (unpaired) electrons. The van der Waals surface area contributed by atoms with E-state index in [0.717, 1.165) is 16.4 Å². The molecule has 2 heterocycles. The van der Waals surface area contributed by atoms with Gasteiger partial charge >= 0.3 is 0 Å². The molecular weight excluding hydrogens is 240 g/mol. The minimum atomic E-state index is 0.496. The fourth-order valence-corrected chi connectivity index (χ4v) is 2.16. The highest BCUT2D eigenvalue weighted by Crippen LogP contribution is 2.19. The lowest BCUT2D eigenvalue weighted by Crippen LogP contribution is -1.93. The standard InChI is InChI=1S/C10H6N4S2/c15-9-8-7(11-10(16)12-9)5-3-1-2-4-6(5)13-14-8/h1-4H,(H2,11,12,15,16). The van der Waals surface area contributed by atoms with E-state index in [1.54, 1.807) is 0 Å². The normalized spacial score (nSPS) is 11.0. The largest absolute Gasteiger partial charge is 0.330 e. The molecule has 0 amide bonds. The van der Waals surface area contributed by atoms with E-state index in [9.17, 15) is 0 Å². The smallest absolute Gasteiger partial charge is 0.176 e. The summed E-state index contributed by atoms with van der Waals surface area (Å²) >= 11 is 10.2. The first kappa shape index (κ1) is 9.56. The van der Waals surface area contributed by atoms with Gasteiger partial charge in [0.2, 0.25) is 0 Å². The number of fused-ring (bicyclic) bond motifs is 3. The Bertz CT molecular complexity index is 803. The second-order valence-corrected chi connectivity index (χ2v) is 4.17. The van der Waals surface area contributed by atoms with Crippen molar-refractivity contribution < 1.29 is 0 Å². The summed E-state index contributed by atoms with van der Waals surface area (Å²) in [6, 6.07) is 7.73. The van der Waals surface area contributed by atoms with Crippen LogP contribution in [0.3, 0.4) is 0 Å². The zero-order valence-electron chi connectivity index (χ0n) is 8.02.